The molecular weight excluding hydrogens is 282 g/mol. The molecule has 3 atom stereocenters. The number of hydrogen-bond donors (Lipinski definition) is 1. The molecule has 0 aromatic carbocycles. The maximum atomic E-state index is 12.1. The van der Waals surface area contributed by atoms with E-state index in [0.717, 1.165) is 0 Å². The van der Waals surface area contributed by atoms with Gasteiger partial charge in [-0.15, -0.1) is 0 Å². The van der Waals surface area contributed by atoms with Gasteiger partial charge in [0.25, 0.3) is 0 Å². The van der Waals surface area contributed by atoms with E-state index in [1.54, 1.807) is 6.92 Å². The van der Waals surface area contributed by atoms with Crippen LogP contribution in [0.25, 0.3) is 0 Å². The molecule has 1 amide bonds. The van der Waals surface area contributed by atoms with Crippen molar-refractivity contribution in [2.45, 2.75) is 18.4 Å². The summed E-state index contributed by atoms with van der Waals surface area (Å²) in [6, 6.07) is 0. The second-order valence-corrected chi connectivity index (χ2v) is 5.79. The zero-order valence-electron chi connectivity index (χ0n) is 11.4. The van der Waals surface area contributed by atoms with E-state index in [1.165, 1.54) is 29.8 Å². The highest BCUT2D eigenvalue weighted by molar-refractivity contribution is 8.04. The molecule has 6 nitrogen and oxygen atoms in total. The third-order valence-electron chi connectivity index (χ3n) is 3.17. The Labute approximate surface area is 121 Å². The summed E-state index contributed by atoms with van der Waals surface area (Å²) in [5, 5.41) is 9.38. The zero-order chi connectivity index (χ0) is 14.9. The van der Waals surface area contributed by atoms with Crippen LogP contribution in [0.3, 0.4) is 0 Å². The fraction of sp³-hybridized carbons (Fsp3) is 0.538. The van der Waals surface area contributed by atoms with E-state index in [4.69, 9.17) is 9.47 Å². The van der Waals surface area contributed by atoms with E-state index in [2.05, 4.69) is 6.58 Å². The lowest BCUT2D eigenvalue weighted by molar-refractivity contribution is -0.158. The van der Waals surface area contributed by atoms with Gasteiger partial charge in [0.15, 0.2) is 0 Å². The Balaban J connectivity index is 2.21. The summed E-state index contributed by atoms with van der Waals surface area (Å²) in [6.45, 7) is 5.37. The van der Waals surface area contributed by atoms with E-state index in [1.807, 2.05) is 0 Å². The average Bonchev–Trinajstić information content (AvgIpc) is 2.70. The number of thioether (sulfide) groups is 1. The molecular formula is C13H17NO5S. The summed E-state index contributed by atoms with van der Waals surface area (Å²) in [6.07, 6.45) is 0.716. The zero-order valence-corrected chi connectivity index (χ0v) is 12.2. The molecule has 1 fully saturated rings. The number of aliphatic hydroxyl groups is 1. The Kier molecular flexibility index (Phi) is 4.52. The normalized spacial score (nSPS) is 26.1. The molecule has 7 heteroatoms. The van der Waals surface area contributed by atoms with Crippen molar-refractivity contribution in [3.8, 4) is 0 Å². The third kappa shape index (κ3) is 2.36. The molecule has 110 valence electrons. The van der Waals surface area contributed by atoms with E-state index >= 15 is 0 Å². The van der Waals surface area contributed by atoms with Gasteiger partial charge in [-0.25, -0.2) is 4.79 Å². The molecule has 0 saturated carbocycles. The standard InChI is InChI=1S/C13H17NO5S/c1-4-5-19-13(17)10-8(6-18-3)20-12-9(7(2)15)11(16)14(10)12/h4,7,9,12,15H,1,5-6H2,2-3H3/t7-,9+,12+/m0/s1. The number of ether oxygens (including phenoxy) is 2. The summed E-state index contributed by atoms with van der Waals surface area (Å²) in [5.41, 5.74) is 0.227. The van der Waals surface area contributed by atoms with Crippen LogP contribution in [0.15, 0.2) is 23.3 Å². The number of β-lactam (4-membered cyclic amide) rings is 1. The van der Waals surface area contributed by atoms with Crippen molar-refractivity contribution in [1.82, 2.24) is 4.90 Å². The first-order chi connectivity index (χ1) is 9.52. The van der Waals surface area contributed by atoms with Crippen molar-refractivity contribution in [1.29, 1.82) is 0 Å². The van der Waals surface area contributed by atoms with Crippen LogP contribution in [0, 0.1) is 5.92 Å². The molecule has 0 aromatic heterocycles. The minimum Gasteiger partial charge on any atom is -0.457 e. The van der Waals surface area contributed by atoms with Crippen LogP contribution >= 0.6 is 11.8 Å². The highest BCUT2D eigenvalue weighted by atomic mass is 32.2. The van der Waals surface area contributed by atoms with Gasteiger partial charge < -0.3 is 14.6 Å². The SMILES string of the molecule is C=CCOC(=O)C1=C(COC)S[C@@H]2[C@H]([C@H](C)O)C(=O)N12. The lowest BCUT2D eigenvalue weighted by atomic mass is 9.92. The van der Waals surface area contributed by atoms with Crippen LogP contribution in [0.2, 0.25) is 0 Å². The number of rotatable bonds is 6. The Morgan fingerprint density at radius 3 is 2.90 bits per heavy atom. The van der Waals surface area contributed by atoms with Gasteiger partial charge in [0.1, 0.15) is 17.7 Å². The monoisotopic (exact) mass is 299 g/mol. The number of carbonyl (C=O) groups is 2. The second kappa shape index (κ2) is 5.99. The van der Waals surface area contributed by atoms with E-state index in [9.17, 15) is 14.7 Å². The Hall–Kier alpha value is -1.31. The number of aliphatic hydroxyl groups excluding tert-OH is 1. The number of amides is 1. The minimum atomic E-state index is -0.747. The van der Waals surface area contributed by atoms with Gasteiger partial charge in [-0.05, 0) is 6.92 Å². The molecule has 1 N–H and O–H groups in total. The van der Waals surface area contributed by atoms with Crippen molar-refractivity contribution >= 4 is 23.6 Å². The quantitative estimate of drug-likeness (QED) is 0.437. The molecule has 0 bridgehead atoms. The van der Waals surface area contributed by atoms with Gasteiger partial charge >= 0.3 is 5.97 Å². The van der Waals surface area contributed by atoms with E-state index in [0.29, 0.717) is 4.91 Å². The molecule has 2 aliphatic rings. The Morgan fingerprint density at radius 1 is 1.65 bits per heavy atom. The fourth-order valence-electron chi connectivity index (χ4n) is 2.28. The molecule has 0 spiro atoms. The maximum Gasteiger partial charge on any atom is 0.356 e. The first-order valence-electron chi connectivity index (χ1n) is 6.20. The molecule has 20 heavy (non-hydrogen) atoms. The third-order valence-corrected chi connectivity index (χ3v) is 4.51. The van der Waals surface area contributed by atoms with Crippen LogP contribution in [0.4, 0.5) is 0 Å². The van der Waals surface area contributed by atoms with Crippen LogP contribution in [-0.2, 0) is 19.1 Å². The molecule has 0 aliphatic carbocycles. The van der Waals surface area contributed by atoms with Gasteiger partial charge in [-0.3, -0.25) is 9.69 Å². The molecule has 2 aliphatic heterocycles. The smallest absolute Gasteiger partial charge is 0.356 e. The summed E-state index contributed by atoms with van der Waals surface area (Å²) in [7, 11) is 1.52. The van der Waals surface area contributed by atoms with Gasteiger partial charge in [-0.1, -0.05) is 24.4 Å². The van der Waals surface area contributed by atoms with Crippen molar-refractivity contribution in [2.75, 3.05) is 20.3 Å². The van der Waals surface area contributed by atoms with Crippen molar-refractivity contribution in [3.05, 3.63) is 23.3 Å². The van der Waals surface area contributed by atoms with Gasteiger partial charge in [-0.2, -0.15) is 0 Å². The predicted molar refractivity (Wildman–Crippen MR) is 73.5 cm³/mol. The lowest BCUT2D eigenvalue weighted by Gasteiger charge is -2.43. The summed E-state index contributed by atoms with van der Waals surface area (Å²) in [4.78, 5) is 26.2. The molecule has 2 rings (SSSR count). The largest absolute Gasteiger partial charge is 0.457 e. The lowest BCUT2D eigenvalue weighted by Crippen LogP contribution is -2.60. The Bertz CT molecular complexity index is 473. The van der Waals surface area contributed by atoms with E-state index < -0.39 is 18.0 Å². The number of methoxy groups -OCH3 is 1. The number of esters is 1. The molecule has 0 radical (unpaired) electrons. The highest BCUT2D eigenvalue weighted by Crippen LogP contribution is 2.50. The van der Waals surface area contributed by atoms with Gasteiger partial charge in [0, 0.05) is 12.0 Å². The fourth-order valence-corrected chi connectivity index (χ4v) is 3.85. The molecule has 0 unspecified atom stereocenters. The summed E-state index contributed by atoms with van der Waals surface area (Å²) < 4.78 is 10.1. The van der Waals surface area contributed by atoms with Crippen LogP contribution in [0.5, 0.6) is 0 Å². The van der Waals surface area contributed by atoms with Crippen LogP contribution in [0.1, 0.15) is 6.92 Å². The number of fused-ring (bicyclic) bond motifs is 1. The van der Waals surface area contributed by atoms with Crippen LogP contribution in [-0.4, -0.2) is 53.7 Å². The van der Waals surface area contributed by atoms with Crippen molar-refractivity contribution < 1.29 is 24.2 Å². The number of nitrogens with zero attached hydrogens (tertiary/aromatic N) is 1. The van der Waals surface area contributed by atoms with Crippen molar-refractivity contribution in [3.63, 3.8) is 0 Å². The topological polar surface area (TPSA) is 76.1 Å². The highest BCUT2D eigenvalue weighted by Gasteiger charge is 2.57. The molecule has 1 saturated heterocycles. The average molecular weight is 299 g/mol. The summed E-state index contributed by atoms with van der Waals surface area (Å²) >= 11 is 1.37. The van der Waals surface area contributed by atoms with E-state index in [-0.39, 0.29) is 30.2 Å². The first kappa shape index (κ1) is 15.1. The molecule has 2 heterocycles. The van der Waals surface area contributed by atoms with Gasteiger partial charge in [0.2, 0.25) is 5.91 Å². The Morgan fingerprint density at radius 2 is 2.35 bits per heavy atom. The maximum absolute atomic E-state index is 12.1. The number of carbonyl (C=O) groups excluding carboxylic acids is 2. The number of hydrogen-bond acceptors (Lipinski definition) is 6. The minimum absolute atomic E-state index is 0.0831. The predicted octanol–water partition coefficient (Wildman–Crippen LogP) is 0.486. The van der Waals surface area contributed by atoms with Gasteiger partial charge in [0.05, 0.1) is 18.6 Å². The first-order valence-corrected chi connectivity index (χ1v) is 7.08. The second-order valence-electron chi connectivity index (χ2n) is 4.57. The van der Waals surface area contributed by atoms with Crippen LogP contribution < -0.4 is 0 Å². The molecule has 0 aromatic rings. The van der Waals surface area contributed by atoms with Crippen molar-refractivity contribution in [2.24, 2.45) is 5.92 Å². The summed E-state index contributed by atoms with van der Waals surface area (Å²) in [5.74, 6) is -1.31.